The molecule has 0 aliphatic rings. The van der Waals surface area contributed by atoms with Crippen LogP contribution in [0.1, 0.15) is 32.6 Å². The summed E-state index contributed by atoms with van der Waals surface area (Å²) in [6.45, 7) is 1.92. The van der Waals surface area contributed by atoms with Gasteiger partial charge in [0.2, 0.25) is 0 Å². The van der Waals surface area contributed by atoms with Crippen molar-refractivity contribution in [2.45, 2.75) is 32.6 Å². The first-order valence-corrected chi connectivity index (χ1v) is 5.48. The molecular weight excluding hydrogens is 220 g/mol. The van der Waals surface area contributed by atoms with Crippen LogP contribution in [0.4, 0.5) is 0 Å². The minimum absolute atomic E-state index is 0.0605. The van der Waals surface area contributed by atoms with E-state index in [1.54, 1.807) is 0 Å². The molecule has 0 saturated carbocycles. The minimum atomic E-state index is -0.0890. The maximum Gasteiger partial charge on any atom is 0.308 e. The van der Waals surface area contributed by atoms with Crippen LogP contribution in [0.25, 0.3) is 0 Å². The zero-order valence-electron chi connectivity index (χ0n) is 7.81. The van der Waals surface area contributed by atoms with Crippen molar-refractivity contribution in [2.24, 2.45) is 5.92 Å². The highest BCUT2D eigenvalue weighted by Gasteiger charge is 2.11. The quantitative estimate of drug-likeness (QED) is 0.403. The summed E-state index contributed by atoms with van der Waals surface area (Å²) < 4.78 is 4.62. The second-order valence-electron chi connectivity index (χ2n) is 2.96. The summed E-state index contributed by atoms with van der Waals surface area (Å²) in [5.74, 6) is -0.0285. The van der Waals surface area contributed by atoms with Gasteiger partial charge in [-0.1, -0.05) is 35.7 Å². The van der Waals surface area contributed by atoms with Crippen LogP contribution in [0.5, 0.6) is 0 Å². The van der Waals surface area contributed by atoms with Gasteiger partial charge >= 0.3 is 5.97 Å². The number of esters is 1. The molecule has 0 N–H and O–H groups in total. The number of carbonyl (C=O) groups excluding carboxylic acids is 1. The Morgan fingerprint density at radius 3 is 2.58 bits per heavy atom. The zero-order valence-corrected chi connectivity index (χ0v) is 9.39. The van der Waals surface area contributed by atoms with E-state index in [9.17, 15) is 4.79 Å². The van der Waals surface area contributed by atoms with Crippen molar-refractivity contribution in [3.8, 4) is 0 Å². The molecule has 0 aromatic carbocycles. The van der Waals surface area contributed by atoms with E-state index < -0.39 is 0 Å². The van der Waals surface area contributed by atoms with Crippen molar-refractivity contribution in [1.82, 2.24) is 0 Å². The summed E-state index contributed by atoms with van der Waals surface area (Å²) in [5.41, 5.74) is 0. The van der Waals surface area contributed by atoms with Gasteiger partial charge in [-0.15, -0.1) is 0 Å². The van der Waals surface area contributed by atoms with Gasteiger partial charge in [0.15, 0.2) is 0 Å². The zero-order chi connectivity index (χ0) is 9.40. The molecular formula is C9H17BrO2. The molecule has 0 fully saturated rings. The maximum absolute atomic E-state index is 10.9. The van der Waals surface area contributed by atoms with E-state index in [1.807, 2.05) is 6.92 Å². The Kier molecular flexibility index (Phi) is 7.56. The van der Waals surface area contributed by atoms with Gasteiger partial charge in [0.05, 0.1) is 13.0 Å². The van der Waals surface area contributed by atoms with Gasteiger partial charge in [0.1, 0.15) is 0 Å². The highest BCUT2D eigenvalue weighted by molar-refractivity contribution is 9.09. The van der Waals surface area contributed by atoms with Crippen molar-refractivity contribution in [2.75, 3.05) is 12.4 Å². The van der Waals surface area contributed by atoms with Crippen LogP contribution in [-0.4, -0.2) is 18.4 Å². The van der Waals surface area contributed by atoms with Gasteiger partial charge in [-0.25, -0.2) is 0 Å². The van der Waals surface area contributed by atoms with E-state index in [2.05, 4.69) is 20.7 Å². The van der Waals surface area contributed by atoms with Crippen molar-refractivity contribution < 1.29 is 9.53 Å². The molecule has 0 rings (SSSR count). The third kappa shape index (κ3) is 5.58. The lowest BCUT2D eigenvalue weighted by molar-refractivity contribution is -0.145. The number of hydrogen-bond acceptors (Lipinski definition) is 2. The number of unbranched alkanes of at least 4 members (excludes halogenated alkanes) is 2. The predicted octanol–water partition coefficient (Wildman–Crippen LogP) is 2.75. The van der Waals surface area contributed by atoms with Crippen molar-refractivity contribution in [1.29, 1.82) is 0 Å². The normalized spacial score (nSPS) is 12.6. The predicted molar refractivity (Wildman–Crippen MR) is 53.4 cm³/mol. The molecule has 72 valence electrons. The Labute approximate surface area is 82.8 Å². The van der Waals surface area contributed by atoms with Crippen LogP contribution in [-0.2, 0) is 9.53 Å². The number of halogens is 1. The molecule has 0 radical (unpaired) electrons. The third-order valence-electron chi connectivity index (χ3n) is 1.87. The highest BCUT2D eigenvalue weighted by Crippen LogP contribution is 2.10. The molecule has 0 aliphatic heterocycles. The van der Waals surface area contributed by atoms with Crippen LogP contribution < -0.4 is 0 Å². The molecule has 1 unspecified atom stereocenters. The molecule has 3 heteroatoms. The average Bonchev–Trinajstić information content (AvgIpc) is 2.10. The molecule has 2 nitrogen and oxygen atoms in total. The fraction of sp³-hybridized carbons (Fsp3) is 0.889. The van der Waals surface area contributed by atoms with E-state index >= 15 is 0 Å². The van der Waals surface area contributed by atoms with E-state index in [1.165, 1.54) is 20.0 Å². The van der Waals surface area contributed by atoms with Gasteiger partial charge in [-0.05, 0) is 12.8 Å². The smallest absolute Gasteiger partial charge is 0.308 e. The monoisotopic (exact) mass is 236 g/mol. The number of hydrogen-bond donors (Lipinski definition) is 0. The van der Waals surface area contributed by atoms with E-state index in [4.69, 9.17) is 0 Å². The molecule has 0 aromatic rings. The van der Waals surface area contributed by atoms with E-state index in [-0.39, 0.29) is 11.9 Å². The third-order valence-corrected chi connectivity index (χ3v) is 2.44. The van der Waals surface area contributed by atoms with Crippen molar-refractivity contribution in [3.05, 3.63) is 0 Å². The second-order valence-corrected chi connectivity index (χ2v) is 3.76. The molecule has 0 amide bonds. The summed E-state index contributed by atoms with van der Waals surface area (Å²) in [5, 5.41) is 1.06. The van der Waals surface area contributed by atoms with E-state index in [0.717, 1.165) is 18.2 Å². The Bertz CT molecular complexity index is 126. The Morgan fingerprint density at radius 1 is 1.42 bits per heavy atom. The van der Waals surface area contributed by atoms with Gasteiger partial charge < -0.3 is 4.74 Å². The van der Waals surface area contributed by atoms with Crippen LogP contribution in [0.15, 0.2) is 0 Å². The fourth-order valence-corrected chi connectivity index (χ4v) is 1.44. The fourth-order valence-electron chi connectivity index (χ4n) is 1.04. The lowest BCUT2D eigenvalue weighted by atomic mass is 10.0. The lowest BCUT2D eigenvalue weighted by Crippen LogP contribution is -2.12. The molecule has 0 heterocycles. The maximum atomic E-state index is 10.9. The molecule has 12 heavy (non-hydrogen) atoms. The molecule has 1 atom stereocenters. The standard InChI is InChI=1S/C9H17BrO2/c1-8(9(11)12-2)6-4-3-5-7-10/h8H,3-7H2,1-2H3. The molecule has 0 spiro atoms. The van der Waals surface area contributed by atoms with E-state index in [0.29, 0.717) is 0 Å². The topological polar surface area (TPSA) is 26.3 Å². The van der Waals surface area contributed by atoms with Crippen LogP contribution >= 0.6 is 15.9 Å². The summed E-state index contributed by atoms with van der Waals surface area (Å²) >= 11 is 3.37. The second kappa shape index (κ2) is 7.59. The van der Waals surface area contributed by atoms with Crippen LogP contribution in [0.2, 0.25) is 0 Å². The van der Waals surface area contributed by atoms with Gasteiger partial charge in [0, 0.05) is 5.33 Å². The van der Waals surface area contributed by atoms with Crippen LogP contribution in [0.3, 0.4) is 0 Å². The number of rotatable bonds is 6. The van der Waals surface area contributed by atoms with Crippen LogP contribution in [0, 0.1) is 5.92 Å². The molecule has 0 bridgehead atoms. The lowest BCUT2D eigenvalue weighted by Gasteiger charge is -2.07. The Hall–Kier alpha value is -0.0500. The highest BCUT2D eigenvalue weighted by atomic mass is 79.9. The molecule has 0 aliphatic carbocycles. The number of methoxy groups -OCH3 is 1. The summed E-state index contributed by atoms with van der Waals surface area (Å²) in [7, 11) is 1.44. The van der Waals surface area contributed by atoms with Gasteiger partial charge in [-0.2, -0.15) is 0 Å². The first kappa shape index (κ1) is 11.9. The summed E-state index contributed by atoms with van der Waals surface area (Å²) in [6, 6.07) is 0. The number of ether oxygens (including phenoxy) is 1. The first-order valence-electron chi connectivity index (χ1n) is 4.36. The molecule has 0 aromatic heterocycles. The Balaban J connectivity index is 3.31. The number of carbonyl (C=O) groups is 1. The van der Waals surface area contributed by atoms with Crippen molar-refractivity contribution in [3.63, 3.8) is 0 Å². The SMILES string of the molecule is COC(=O)C(C)CCCCCBr. The van der Waals surface area contributed by atoms with Crippen molar-refractivity contribution >= 4 is 21.9 Å². The average molecular weight is 237 g/mol. The van der Waals surface area contributed by atoms with Gasteiger partial charge in [-0.3, -0.25) is 4.79 Å². The number of alkyl halides is 1. The summed E-state index contributed by atoms with van der Waals surface area (Å²) in [6.07, 6.45) is 4.43. The summed E-state index contributed by atoms with van der Waals surface area (Å²) in [4.78, 5) is 10.9. The Morgan fingerprint density at radius 2 is 2.08 bits per heavy atom. The van der Waals surface area contributed by atoms with Gasteiger partial charge in [0.25, 0.3) is 0 Å². The minimum Gasteiger partial charge on any atom is -0.469 e. The molecule has 0 saturated heterocycles. The first-order chi connectivity index (χ1) is 5.72. The largest absolute Gasteiger partial charge is 0.469 e.